The van der Waals surface area contributed by atoms with Crippen LogP contribution in [0.25, 0.3) is 11.1 Å². The predicted molar refractivity (Wildman–Crippen MR) is 98.6 cm³/mol. The summed E-state index contributed by atoms with van der Waals surface area (Å²) in [6.45, 7) is 3.99. The second kappa shape index (κ2) is 7.35. The molecule has 3 rings (SSSR count). The highest BCUT2D eigenvalue weighted by atomic mass is 79.9. The third-order valence-electron chi connectivity index (χ3n) is 3.18. The molecule has 2 aromatic carbocycles. The number of fused-ring (bicyclic) bond motifs is 1. The molecule has 0 bridgehead atoms. The molecule has 0 unspecified atom stereocenters. The van der Waals surface area contributed by atoms with Crippen molar-refractivity contribution in [2.75, 3.05) is 5.43 Å². The van der Waals surface area contributed by atoms with Crippen LogP contribution in [0.1, 0.15) is 13.8 Å². The third kappa shape index (κ3) is 4.05. The molecule has 0 aliphatic rings. The number of halogens is 1. The average Bonchev–Trinajstić information content (AvgIpc) is 2.99. The maximum atomic E-state index is 5.52. The number of aromatic nitrogens is 1. The van der Waals surface area contributed by atoms with E-state index in [1.807, 2.05) is 62.4 Å². The van der Waals surface area contributed by atoms with Gasteiger partial charge in [-0.25, -0.2) is 0 Å². The zero-order valence-electron chi connectivity index (χ0n) is 13.3. The number of oxazole rings is 1. The normalized spacial score (nSPS) is 12.4. The number of hydrazone groups is 1. The van der Waals surface area contributed by atoms with Crippen molar-refractivity contribution in [3.05, 3.63) is 53.0 Å². The number of benzene rings is 2. The molecule has 1 N–H and O–H groups in total. The predicted octanol–water partition coefficient (Wildman–Crippen LogP) is 5.76. The molecule has 0 aliphatic carbocycles. The van der Waals surface area contributed by atoms with Gasteiger partial charge in [0, 0.05) is 10.4 Å². The molecule has 0 amide bonds. The van der Waals surface area contributed by atoms with Gasteiger partial charge in [0.1, 0.15) is 5.52 Å². The van der Waals surface area contributed by atoms with Crippen molar-refractivity contribution in [2.24, 2.45) is 21.2 Å². The van der Waals surface area contributed by atoms with E-state index >= 15 is 0 Å². The summed E-state index contributed by atoms with van der Waals surface area (Å²) in [5.74, 6) is 0.654. The standard InChI is InChI=1S/C17H16BrN5O/c1-11(2)16(21-20-13-9-7-12(18)8-10-13)22-23-17-19-14-5-3-4-6-15(14)24-17/h3-11,20H,1-2H3/b21-16-,23-22?. The Labute approximate surface area is 147 Å². The molecular formula is C17H16BrN5O. The summed E-state index contributed by atoms with van der Waals surface area (Å²) in [5.41, 5.74) is 5.28. The van der Waals surface area contributed by atoms with Crippen LogP contribution in [0.3, 0.4) is 0 Å². The Morgan fingerprint density at radius 1 is 1.12 bits per heavy atom. The number of azo groups is 1. The number of anilines is 1. The highest BCUT2D eigenvalue weighted by Gasteiger charge is 2.07. The minimum atomic E-state index is 0.0982. The molecule has 0 saturated heterocycles. The second-order valence-electron chi connectivity index (χ2n) is 5.41. The summed E-state index contributed by atoms with van der Waals surface area (Å²) in [6.07, 6.45) is 0. The molecule has 0 radical (unpaired) electrons. The minimum absolute atomic E-state index is 0.0982. The van der Waals surface area contributed by atoms with Gasteiger partial charge >= 0.3 is 6.01 Å². The van der Waals surface area contributed by atoms with Gasteiger partial charge in [0.15, 0.2) is 11.4 Å². The van der Waals surface area contributed by atoms with E-state index in [0.29, 0.717) is 11.4 Å². The van der Waals surface area contributed by atoms with Gasteiger partial charge in [0.2, 0.25) is 0 Å². The smallest absolute Gasteiger partial charge is 0.342 e. The lowest BCUT2D eigenvalue weighted by atomic mass is 10.2. The van der Waals surface area contributed by atoms with Gasteiger partial charge in [-0.1, -0.05) is 47.0 Å². The summed E-state index contributed by atoms with van der Waals surface area (Å²) in [7, 11) is 0. The lowest BCUT2D eigenvalue weighted by molar-refractivity contribution is 0.606. The van der Waals surface area contributed by atoms with Crippen LogP contribution in [0, 0.1) is 5.92 Å². The first-order valence-corrected chi connectivity index (χ1v) is 8.27. The Balaban J connectivity index is 1.77. The summed E-state index contributed by atoms with van der Waals surface area (Å²) < 4.78 is 6.53. The highest BCUT2D eigenvalue weighted by Crippen LogP contribution is 2.21. The topological polar surface area (TPSA) is 75.1 Å². The number of para-hydroxylation sites is 2. The molecule has 0 fully saturated rings. The van der Waals surface area contributed by atoms with Crippen LogP contribution < -0.4 is 5.43 Å². The molecule has 0 spiro atoms. The van der Waals surface area contributed by atoms with E-state index in [9.17, 15) is 0 Å². The van der Waals surface area contributed by atoms with Crippen molar-refractivity contribution in [1.29, 1.82) is 0 Å². The molecule has 0 aliphatic heterocycles. The number of nitrogens with one attached hydrogen (secondary N) is 1. The number of hydrogen-bond donors (Lipinski definition) is 1. The van der Waals surface area contributed by atoms with Gasteiger partial charge in [-0.3, -0.25) is 5.43 Å². The van der Waals surface area contributed by atoms with Gasteiger partial charge < -0.3 is 4.42 Å². The van der Waals surface area contributed by atoms with E-state index in [1.54, 1.807) is 0 Å². The van der Waals surface area contributed by atoms with Gasteiger partial charge in [0.05, 0.1) is 5.69 Å². The molecule has 6 nitrogen and oxygen atoms in total. The van der Waals surface area contributed by atoms with Crippen LogP contribution in [0.15, 0.2) is 72.8 Å². The van der Waals surface area contributed by atoms with Gasteiger partial charge in [-0.15, -0.1) is 5.11 Å². The average molecular weight is 386 g/mol. The van der Waals surface area contributed by atoms with Crippen molar-refractivity contribution in [1.82, 2.24) is 4.98 Å². The second-order valence-corrected chi connectivity index (χ2v) is 6.32. The van der Waals surface area contributed by atoms with Crippen molar-refractivity contribution in [3.63, 3.8) is 0 Å². The minimum Gasteiger partial charge on any atom is -0.421 e. The van der Waals surface area contributed by atoms with E-state index < -0.39 is 0 Å². The van der Waals surface area contributed by atoms with E-state index in [-0.39, 0.29) is 11.9 Å². The summed E-state index contributed by atoms with van der Waals surface area (Å²) >= 11 is 3.40. The van der Waals surface area contributed by atoms with Crippen molar-refractivity contribution < 1.29 is 4.42 Å². The van der Waals surface area contributed by atoms with Crippen LogP contribution in [-0.4, -0.2) is 10.8 Å². The SMILES string of the molecule is CC(C)/C(N=Nc1nc2ccccc2o1)=N/Nc1ccc(Br)cc1. The summed E-state index contributed by atoms with van der Waals surface area (Å²) in [5, 5.41) is 12.5. The van der Waals surface area contributed by atoms with Crippen LogP contribution >= 0.6 is 15.9 Å². The quantitative estimate of drug-likeness (QED) is 0.268. The van der Waals surface area contributed by atoms with Crippen molar-refractivity contribution >= 4 is 44.6 Å². The third-order valence-corrected chi connectivity index (χ3v) is 3.71. The molecule has 24 heavy (non-hydrogen) atoms. The molecule has 122 valence electrons. The Morgan fingerprint density at radius 3 is 2.58 bits per heavy atom. The monoisotopic (exact) mass is 385 g/mol. The molecule has 0 atom stereocenters. The molecule has 1 heterocycles. The fourth-order valence-electron chi connectivity index (χ4n) is 1.91. The molecule has 0 saturated carbocycles. The fourth-order valence-corrected chi connectivity index (χ4v) is 2.17. The highest BCUT2D eigenvalue weighted by molar-refractivity contribution is 9.10. The number of rotatable bonds is 4. The Bertz CT molecular complexity index is 850. The Hall–Kier alpha value is -2.54. The maximum absolute atomic E-state index is 5.52. The summed E-state index contributed by atoms with van der Waals surface area (Å²) in [6, 6.07) is 15.4. The number of amidine groups is 1. The van der Waals surface area contributed by atoms with Crippen molar-refractivity contribution in [3.8, 4) is 0 Å². The van der Waals surface area contributed by atoms with Crippen LogP contribution in [-0.2, 0) is 0 Å². The fraction of sp³-hybridized carbons (Fsp3) is 0.176. The first-order valence-electron chi connectivity index (χ1n) is 7.48. The number of hydrogen-bond acceptors (Lipinski definition) is 5. The first-order chi connectivity index (χ1) is 11.6. The Kier molecular flexibility index (Phi) is 5.00. The van der Waals surface area contributed by atoms with E-state index in [2.05, 4.69) is 41.7 Å². The zero-order chi connectivity index (χ0) is 16.9. The zero-order valence-corrected chi connectivity index (χ0v) is 14.9. The van der Waals surface area contributed by atoms with E-state index in [4.69, 9.17) is 4.42 Å². The van der Waals surface area contributed by atoms with E-state index in [0.717, 1.165) is 15.7 Å². The largest absolute Gasteiger partial charge is 0.421 e. The van der Waals surface area contributed by atoms with Crippen LogP contribution in [0.4, 0.5) is 11.7 Å². The molecule has 1 aromatic heterocycles. The van der Waals surface area contributed by atoms with Crippen LogP contribution in [0.2, 0.25) is 0 Å². The first kappa shape index (κ1) is 16.3. The van der Waals surface area contributed by atoms with Gasteiger partial charge in [-0.2, -0.15) is 10.1 Å². The Morgan fingerprint density at radius 2 is 1.88 bits per heavy atom. The lowest BCUT2D eigenvalue weighted by Crippen LogP contribution is -2.06. The molecular weight excluding hydrogens is 370 g/mol. The lowest BCUT2D eigenvalue weighted by Gasteiger charge is -2.05. The molecule has 7 heteroatoms. The molecule has 3 aromatic rings. The number of nitrogens with zero attached hydrogens (tertiary/aromatic N) is 4. The van der Waals surface area contributed by atoms with Crippen molar-refractivity contribution in [2.45, 2.75) is 13.8 Å². The van der Waals surface area contributed by atoms with Gasteiger partial charge in [-0.05, 0) is 36.4 Å². The van der Waals surface area contributed by atoms with E-state index in [1.165, 1.54) is 0 Å². The maximum Gasteiger partial charge on any atom is 0.342 e. The van der Waals surface area contributed by atoms with Crippen LogP contribution in [0.5, 0.6) is 0 Å². The summed E-state index contributed by atoms with van der Waals surface area (Å²) in [4.78, 5) is 4.26. The van der Waals surface area contributed by atoms with Gasteiger partial charge in [0.25, 0.3) is 0 Å².